The normalized spacial score (nSPS) is 18.8. The van der Waals surface area contributed by atoms with Crippen LogP contribution in [0.1, 0.15) is 22.8 Å². The van der Waals surface area contributed by atoms with Crippen LogP contribution in [0.15, 0.2) is 24.3 Å². The topological polar surface area (TPSA) is 176 Å². The summed E-state index contributed by atoms with van der Waals surface area (Å²) >= 11 is 0. The highest BCUT2D eigenvalue weighted by Crippen LogP contribution is 2.23. The van der Waals surface area contributed by atoms with Crippen molar-refractivity contribution in [2.45, 2.75) is 18.9 Å². The van der Waals surface area contributed by atoms with Crippen LogP contribution in [-0.4, -0.2) is 82.8 Å². The molecule has 1 atom stereocenters. The molecule has 0 aromatic heterocycles. The van der Waals surface area contributed by atoms with E-state index in [9.17, 15) is 24.0 Å². The summed E-state index contributed by atoms with van der Waals surface area (Å²) in [6.07, 6.45) is 0.675. The summed E-state index contributed by atoms with van der Waals surface area (Å²) in [6.45, 7) is 0.412. The molecule has 0 bridgehead atoms. The molecule has 2 rings (SSSR count). The van der Waals surface area contributed by atoms with Crippen LogP contribution in [0.25, 0.3) is 0 Å². The van der Waals surface area contributed by atoms with E-state index in [1.807, 2.05) is 0 Å². The summed E-state index contributed by atoms with van der Waals surface area (Å²) in [5, 5.41) is 11.4. The predicted molar refractivity (Wildman–Crippen MR) is 105 cm³/mol. The largest absolute Gasteiger partial charge is 0.480 e. The van der Waals surface area contributed by atoms with Crippen LogP contribution in [0.4, 0.5) is 0 Å². The standard InChI is InChI=1S/C19H25N5O6/c1-19(17(21)29)18(30)23(11-15(26)27)8-9-24(19)14(25)10-22-16(28)13-4-2-12(3-5-13)6-7-20/h2-5H,6-11,20H2,1H3,(H2,21,29)(H,22,28)(H,26,27)/t19-/m0/s1. The third-order valence-electron chi connectivity index (χ3n) is 4.99. The summed E-state index contributed by atoms with van der Waals surface area (Å²) < 4.78 is 0. The minimum atomic E-state index is -2.04. The number of nitrogens with one attached hydrogen (secondary N) is 1. The number of rotatable bonds is 8. The second-order valence-electron chi connectivity index (χ2n) is 7.02. The van der Waals surface area contributed by atoms with Crippen molar-refractivity contribution in [1.82, 2.24) is 15.1 Å². The molecule has 0 radical (unpaired) electrons. The van der Waals surface area contributed by atoms with Crippen LogP contribution < -0.4 is 16.8 Å². The van der Waals surface area contributed by atoms with Crippen LogP contribution in [0.3, 0.4) is 0 Å². The van der Waals surface area contributed by atoms with E-state index in [1.165, 1.54) is 6.92 Å². The number of nitrogens with two attached hydrogens (primary N) is 2. The van der Waals surface area contributed by atoms with Gasteiger partial charge in [-0.05, 0) is 37.6 Å². The minimum Gasteiger partial charge on any atom is -0.480 e. The van der Waals surface area contributed by atoms with E-state index in [0.29, 0.717) is 18.5 Å². The lowest BCUT2D eigenvalue weighted by Crippen LogP contribution is -2.72. The fraction of sp³-hybridized carbons (Fsp3) is 0.421. The molecule has 11 heteroatoms. The van der Waals surface area contributed by atoms with Crippen molar-refractivity contribution in [3.8, 4) is 0 Å². The van der Waals surface area contributed by atoms with E-state index < -0.39 is 48.2 Å². The first kappa shape index (κ1) is 22.8. The molecule has 6 N–H and O–H groups in total. The second-order valence-corrected chi connectivity index (χ2v) is 7.02. The fourth-order valence-electron chi connectivity index (χ4n) is 3.24. The minimum absolute atomic E-state index is 0.0731. The van der Waals surface area contributed by atoms with Gasteiger partial charge in [-0.1, -0.05) is 12.1 Å². The van der Waals surface area contributed by atoms with Crippen molar-refractivity contribution >= 4 is 29.6 Å². The van der Waals surface area contributed by atoms with Crippen LogP contribution >= 0.6 is 0 Å². The van der Waals surface area contributed by atoms with E-state index in [-0.39, 0.29) is 13.1 Å². The maximum Gasteiger partial charge on any atom is 0.323 e. The average molecular weight is 419 g/mol. The number of hydrogen-bond acceptors (Lipinski definition) is 6. The number of carbonyl (C=O) groups is 5. The van der Waals surface area contributed by atoms with E-state index >= 15 is 0 Å². The van der Waals surface area contributed by atoms with E-state index in [1.54, 1.807) is 24.3 Å². The van der Waals surface area contributed by atoms with Crippen molar-refractivity contribution in [3.63, 3.8) is 0 Å². The van der Waals surface area contributed by atoms with Gasteiger partial charge in [0.25, 0.3) is 17.7 Å². The molecule has 162 valence electrons. The molecule has 0 unspecified atom stereocenters. The zero-order chi connectivity index (χ0) is 22.5. The Bertz CT molecular complexity index is 855. The highest BCUT2D eigenvalue weighted by Gasteiger charge is 2.52. The number of nitrogens with zero attached hydrogens (tertiary/aromatic N) is 2. The number of aliphatic carboxylic acids is 1. The molecular weight excluding hydrogens is 394 g/mol. The summed E-state index contributed by atoms with van der Waals surface area (Å²) in [7, 11) is 0. The van der Waals surface area contributed by atoms with Gasteiger partial charge in [0.15, 0.2) is 5.54 Å². The molecule has 1 aliphatic heterocycles. The summed E-state index contributed by atoms with van der Waals surface area (Å²) in [6, 6.07) is 6.72. The lowest BCUT2D eigenvalue weighted by atomic mass is 9.93. The number of carboxylic acids is 1. The molecule has 1 aromatic carbocycles. The van der Waals surface area contributed by atoms with Crippen molar-refractivity contribution in [2.24, 2.45) is 11.5 Å². The number of piperazine rings is 1. The van der Waals surface area contributed by atoms with E-state index in [0.717, 1.165) is 15.4 Å². The number of benzene rings is 1. The van der Waals surface area contributed by atoms with Crippen LogP contribution in [0.2, 0.25) is 0 Å². The Balaban J connectivity index is 2.07. The molecule has 1 saturated heterocycles. The lowest BCUT2D eigenvalue weighted by molar-refractivity contribution is -0.166. The van der Waals surface area contributed by atoms with Gasteiger partial charge in [0.05, 0.1) is 6.54 Å². The van der Waals surface area contributed by atoms with Crippen molar-refractivity contribution in [1.29, 1.82) is 0 Å². The summed E-state index contributed by atoms with van der Waals surface area (Å²) in [5.74, 6) is -4.40. The van der Waals surface area contributed by atoms with Gasteiger partial charge in [0.1, 0.15) is 6.54 Å². The first-order valence-electron chi connectivity index (χ1n) is 9.30. The first-order chi connectivity index (χ1) is 14.1. The van der Waals surface area contributed by atoms with Gasteiger partial charge in [-0.15, -0.1) is 0 Å². The van der Waals surface area contributed by atoms with E-state index in [4.69, 9.17) is 16.6 Å². The Morgan fingerprint density at radius 1 is 1.17 bits per heavy atom. The average Bonchev–Trinajstić information content (AvgIpc) is 2.70. The van der Waals surface area contributed by atoms with Gasteiger partial charge in [0, 0.05) is 18.7 Å². The Morgan fingerprint density at radius 3 is 2.33 bits per heavy atom. The van der Waals surface area contributed by atoms with Gasteiger partial charge in [-0.3, -0.25) is 24.0 Å². The number of primary amides is 1. The van der Waals surface area contributed by atoms with Crippen molar-refractivity contribution < 1.29 is 29.1 Å². The molecule has 11 nitrogen and oxygen atoms in total. The van der Waals surface area contributed by atoms with E-state index in [2.05, 4.69) is 5.32 Å². The third-order valence-corrected chi connectivity index (χ3v) is 4.99. The van der Waals surface area contributed by atoms with Crippen LogP contribution in [-0.2, 0) is 25.6 Å². The number of carbonyl (C=O) groups excluding carboxylic acids is 4. The molecule has 1 fully saturated rings. The highest BCUT2D eigenvalue weighted by atomic mass is 16.4. The number of amides is 4. The van der Waals surface area contributed by atoms with Gasteiger partial charge in [0.2, 0.25) is 5.91 Å². The Kier molecular flexibility index (Phi) is 7.11. The zero-order valence-electron chi connectivity index (χ0n) is 16.6. The van der Waals surface area contributed by atoms with Crippen LogP contribution in [0.5, 0.6) is 0 Å². The fourth-order valence-corrected chi connectivity index (χ4v) is 3.24. The maximum absolute atomic E-state index is 12.7. The molecule has 0 saturated carbocycles. The molecule has 30 heavy (non-hydrogen) atoms. The lowest BCUT2D eigenvalue weighted by Gasteiger charge is -2.45. The first-order valence-corrected chi connectivity index (χ1v) is 9.30. The quantitative estimate of drug-likeness (QED) is 0.349. The molecular formula is C19H25N5O6. The van der Waals surface area contributed by atoms with Gasteiger partial charge < -0.3 is 31.7 Å². The molecule has 0 aliphatic carbocycles. The van der Waals surface area contributed by atoms with Crippen molar-refractivity contribution in [2.75, 3.05) is 32.7 Å². The summed E-state index contributed by atoms with van der Waals surface area (Å²) in [5.41, 5.74) is 10.1. The monoisotopic (exact) mass is 419 g/mol. The van der Waals surface area contributed by atoms with Gasteiger partial charge in [-0.2, -0.15) is 0 Å². The van der Waals surface area contributed by atoms with Gasteiger partial charge >= 0.3 is 5.97 Å². The molecule has 0 spiro atoms. The van der Waals surface area contributed by atoms with Gasteiger partial charge in [-0.25, -0.2) is 0 Å². The Labute approximate surface area is 173 Å². The maximum atomic E-state index is 12.7. The third kappa shape index (κ3) is 4.74. The molecule has 1 aliphatic rings. The molecule has 1 aromatic rings. The SMILES string of the molecule is C[C@]1(C(N)=O)C(=O)N(CC(=O)O)CCN1C(=O)CNC(=O)c1ccc(CCN)cc1. The number of hydrogen-bond donors (Lipinski definition) is 4. The molecule has 4 amide bonds. The second kappa shape index (κ2) is 9.35. The smallest absolute Gasteiger partial charge is 0.323 e. The number of carboxylic acid groups (broad SMARTS) is 1. The zero-order valence-corrected chi connectivity index (χ0v) is 16.6. The highest BCUT2D eigenvalue weighted by molar-refractivity contribution is 6.12. The van der Waals surface area contributed by atoms with Crippen molar-refractivity contribution in [3.05, 3.63) is 35.4 Å². The van der Waals surface area contributed by atoms with Crippen LogP contribution in [0, 0.1) is 0 Å². The summed E-state index contributed by atoms with van der Waals surface area (Å²) in [4.78, 5) is 62.5. The Hall–Kier alpha value is -3.47. The Morgan fingerprint density at radius 2 is 1.80 bits per heavy atom. The predicted octanol–water partition coefficient (Wildman–Crippen LogP) is -2.08. The molecule has 1 heterocycles.